The Hall–Kier alpha value is -1.97. The quantitative estimate of drug-likeness (QED) is 0.858. The summed E-state index contributed by atoms with van der Waals surface area (Å²) < 4.78 is 13.4. The summed E-state index contributed by atoms with van der Waals surface area (Å²) in [6, 6.07) is 6.72. The number of rotatable bonds is 5. The van der Waals surface area contributed by atoms with Crippen LogP contribution in [0.15, 0.2) is 18.2 Å². The Balaban J connectivity index is 1.49. The summed E-state index contributed by atoms with van der Waals surface area (Å²) in [6.45, 7) is 2.20. The standard InChI is InChI=1S/C18H22FN3O2/c19-16-4-1-12(9-14(16)10-20)11-22-7-5-13(6-8-22)17(23)18(24)21-15-2-3-15/h1,4,9,13,15,17,23H,2-3,5-8,11H2,(H,21,24)/t17-/m0/s1. The maximum absolute atomic E-state index is 13.4. The topological polar surface area (TPSA) is 76.4 Å². The lowest BCUT2D eigenvalue weighted by Gasteiger charge is -2.33. The largest absolute Gasteiger partial charge is 0.383 e. The molecule has 1 saturated heterocycles. The fourth-order valence-electron chi connectivity index (χ4n) is 3.17. The van der Waals surface area contributed by atoms with Gasteiger partial charge in [-0.1, -0.05) is 6.07 Å². The van der Waals surface area contributed by atoms with Gasteiger partial charge in [-0.15, -0.1) is 0 Å². The number of aliphatic hydroxyl groups is 1. The van der Waals surface area contributed by atoms with Gasteiger partial charge in [0.1, 0.15) is 18.0 Å². The molecule has 128 valence electrons. The Morgan fingerprint density at radius 3 is 2.71 bits per heavy atom. The van der Waals surface area contributed by atoms with Crippen molar-refractivity contribution in [2.24, 2.45) is 5.92 Å². The number of carbonyl (C=O) groups excluding carboxylic acids is 1. The van der Waals surface area contributed by atoms with Gasteiger partial charge < -0.3 is 10.4 Å². The summed E-state index contributed by atoms with van der Waals surface area (Å²) >= 11 is 0. The highest BCUT2D eigenvalue weighted by Gasteiger charge is 2.32. The Bertz CT molecular complexity index is 646. The Labute approximate surface area is 141 Å². The molecule has 1 aromatic carbocycles. The summed E-state index contributed by atoms with van der Waals surface area (Å²) in [5.41, 5.74) is 0.966. The lowest BCUT2D eigenvalue weighted by molar-refractivity contribution is -0.133. The zero-order valence-corrected chi connectivity index (χ0v) is 13.5. The van der Waals surface area contributed by atoms with Gasteiger partial charge in [0.15, 0.2) is 0 Å². The highest BCUT2D eigenvalue weighted by molar-refractivity contribution is 5.81. The zero-order chi connectivity index (χ0) is 17.1. The lowest BCUT2D eigenvalue weighted by atomic mass is 9.90. The number of amides is 1. The van der Waals surface area contributed by atoms with E-state index in [1.54, 1.807) is 12.1 Å². The molecule has 1 amide bonds. The summed E-state index contributed by atoms with van der Waals surface area (Å²) in [4.78, 5) is 14.1. The molecule has 3 rings (SSSR count). The summed E-state index contributed by atoms with van der Waals surface area (Å²) in [5.74, 6) is -0.749. The van der Waals surface area contributed by atoms with E-state index in [0.29, 0.717) is 6.54 Å². The molecule has 1 atom stereocenters. The molecule has 24 heavy (non-hydrogen) atoms. The molecule has 1 aromatic rings. The Morgan fingerprint density at radius 2 is 2.08 bits per heavy atom. The first-order chi connectivity index (χ1) is 11.6. The smallest absolute Gasteiger partial charge is 0.249 e. The summed E-state index contributed by atoms with van der Waals surface area (Å²) in [6.07, 6.45) is 2.61. The van der Waals surface area contributed by atoms with E-state index in [-0.39, 0.29) is 23.4 Å². The Morgan fingerprint density at radius 1 is 1.38 bits per heavy atom. The second-order valence-electron chi connectivity index (χ2n) is 6.77. The van der Waals surface area contributed by atoms with Crippen molar-refractivity contribution in [3.63, 3.8) is 0 Å². The maximum Gasteiger partial charge on any atom is 0.249 e. The molecule has 1 aliphatic carbocycles. The van der Waals surface area contributed by atoms with E-state index in [9.17, 15) is 14.3 Å². The van der Waals surface area contributed by atoms with E-state index >= 15 is 0 Å². The highest BCUT2D eigenvalue weighted by atomic mass is 19.1. The Kier molecular flexibility index (Phi) is 5.12. The van der Waals surface area contributed by atoms with Crippen LogP contribution in [0.4, 0.5) is 4.39 Å². The van der Waals surface area contributed by atoms with Gasteiger partial charge in [0.05, 0.1) is 5.56 Å². The molecular weight excluding hydrogens is 309 g/mol. The first kappa shape index (κ1) is 16.9. The minimum atomic E-state index is -0.927. The molecule has 2 aliphatic rings. The molecule has 1 saturated carbocycles. The van der Waals surface area contributed by atoms with E-state index in [2.05, 4.69) is 10.2 Å². The third-order valence-corrected chi connectivity index (χ3v) is 4.83. The molecule has 0 unspecified atom stereocenters. The number of nitrogens with one attached hydrogen (secondary N) is 1. The van der Waals surface area contributed by atoms with Gasteiger partial charge in [-0.05, 0) is 62.4 Å². The molecule has 2 N–H and O–H groups in total. The van der Waals surface area contributed by atoms with Crippen LogP contribution in [0.25, 0.3) is 0 Å². The van der Waals surface area contributed by atoms with E-state index in [0.717, 1.165) is 44.3 Å². The van der Waals surface area contributed by atoms with Crippen molar-refractivity contribution in [2.45, 2.75) is 44.4 Å². The van der Waals surface area contributed by atoms with Crippen molar-refractivity contribution >= 4 is 5.91 Å². The second kappa shape index (κ2) is 7.29. The monoisotopic (exact) mass is 331 g/mol. The molecule has 1 aliphatic heterocycles. The number of benzene rings is 1. The van der Waals surface area contributed by atoms with Crippen LogP contribution >= 0.6 is 0 Å². The van der Waals surface area contributed by atoms with Crippen LogP contribution in [0, 0.1) is 23.1 Å². The van der Waals surface area contributed by atoms with Crippen molar-refractivity contribution in [3.05, 3.63) is 35.1 Å². The first-order valence-electron chi connectivity index (χ1n) is 8.46. The van der Waals surface area contributed by atoms with Gasteiger partial charge >= 0.3 is 0 Å². The van der Waals surface area contributed by atoms with Crippen LogP contribution in [0.2, 0.25) is 0 Å². The molecule has 2 fully saturated rings. The van der Waals surface area contributed by atoms with Gasteiger partial charge in [0, 0.05) is 12.6 Å². The van der Waals surface area contributed by atoms with Crippen molar-refractivity contribution in [2.75, 3.05) is 13.1 Å². The van der Waals surface area contributed by atoms with Gasteiger partial charge in [-0.3, -0.25) is 9.69 Å². The fraction of sp³-hybridized carbons (Fsp3) is 0.556. The van der Waals surface area contributed by atoms with Crippen LogP contribution in [-0.2, 0) is 11.3 Å². The third kappa shape index (κ3) is 4.11. The molecule has 0 aromatic heterocycles. The normalized spacial score (nSPS) is 20.4. The number of halogens is 1. The highest BCUT2D eigenvalue weighted by Crippen LogP contribution is 2.24. The molecule has 1 heterocycles. The number of aliphatic hydroxyl groups excluding tert-OH is 1. The number of nitrogens with zero attached hydrogens (tertiary/aromatic N) is 2. The van der Waals surface area contributed by atoms with Crippen LogP contribution in [0.3, 0.4) is 0 Å². The van der Waals surface area contributed by atoms with Gasteiger partial charge in [0.2, 0.25) is 5.91 Å². The summed E-state index contributed by atoms with van der Waals surface area (Å²) in [7, 11) is 0. The average Bonchev–Trinajstić information content (AvgIpc) is 3.40. The number of hydrogen-bond acceptors (Lipinski definition) is 4. The van der Waals surface area contributed by atoms with Gasteiger partial charge in [-0.2, -0.15) is 5.26 Å². The number of likely N-dealkylation sites (tertiary alicyclic amines) is 1. The molecule has 0 bridgehead atoms. The van der Waals surface area contributed by atoms with Crippen molar-refractivity contribution in [3.8, 4) is 6.07 Å². The first-order valence-corrected chi connectivity index (χ1v) is 8.46. The van der Waals surface area contributed by atoms with Crippen molar-refractivity contribution in [1.82, 2.24) is 10.2 Å². The maximum atomic E-state index is 13.4. The van der Waals surface area contributed by atoms with Crippen molar-refractivity contribution < 1.29 is 14.3 Å². The number of hydrogen-bond donors (Lipinski definition) is 2. The molecule has 0 radical (unpaired) electrons. The minimum absolute atomic E-state index is 0.0112. The molecule has 5 nitrogen and oxygen atoms in total. The van der Waals surface area contributed by atoms with Crippen LogP contribution in [0.1, 0.15) is 36.8 Å². The zero-order valence-electron chi connectivity index (χ0n) is 13.5. The molecule has 0 spiro atoms. The number of nitriles is 1. The number of piperidine rings is 1. The third-order valence-electron chi connectivity index (χ3n) is 4.83. The van der Waals surface area contributed by atoms with E-state index in [4.69, 9.17) is 5.26 Å². The fourth-order valence-corrected chi connectivity index (χ4v) is 3.17. The molecular formula is C18H22FN3O2. The van der Waals surface area contributed by atoms with Gasteiger partial charge in [0.25, 0.3) is 0 Å². The SMILES string of the molecule is N#Cc1cc(CN2CCC([C@H](O)C(=O)NC3CC3)CC2)ccc1F. The predicted molar refractivity (Wildman–Crippen MR) is 86.3 cm³/mol. The average molecular weight is 331 g/mol. The van der Waals surface area contributed by atoms with Crippen molar-refractivity contribution in [1.29, 1.82) is 5.26 Å². The predicted octanol–water partition coefficient (Wildman–Crippen LogP) is 1.55. The molecule has 6 heteroatoms. The van der Waals surface area contributed by atoms with E-state index in [1.807, 2.05) is 6.07 Å². The van der Waals surface area contributed by atoms with E-state index < -0.39 is 11.9 Å². The van der Waals surface area contributed by atoms with Crippen LogP contribution in [-0.4, -0.2) is 41.1 Å². The summed E-state index contributed by atoms with van der Waals surface area (Å²) in [5, 5.41) is 21.9. The lowest BCUT2D eigenvalue weighted by Crippen LogP contribution is -2.44. The van der Waals surface area contributed by atoms with Crippen LogP contribution < -0.4 is 5.32 Å². The van der Waals surface area contributed by atoms with Crippen LogP contribution in [0.5, 0.6) is 0 Å². The van der Waals surface area contributed by atoms with Gasteiger partial charge in [-0.25, -0.2) is 4.39 Å². The van der Waals surface area contributed by atoms with E-state index in [1.165, 1.54) is 6.07 Å². The second-order valence-corrected chi connectivity index (χ2v) is 6.77. The minimum Gasteiger partial charge on any atom is -0.383 e. The number of carbonyl (C=O) groups is 1.